The SMILES string of the molecule is CCCC1=C(C(=O)OCC)[C@@H](c2cc(Br)ccc2OC)N2C(=N1)SC(C#N)=C2N. The van der Waals surface area contributed by atoms with Gasteiger partial charge in [-0.2, -0.15) is 5.26 Å². The highest BCUT2D eigenvalue weighted by Crippen LogP contribution is 2.48. The first kappa shape index (κ1) is 21.3. The molecule has 1 aromatic carbocycles. The van der Waals surface area contributed by atoms with Gasteiger partial charge in [0.2, 0.25) is 0 Å². The first-order valence-electron chi connectivity index (χ1n) is 9.15. The van der Waals surface area contributed by atoms with Gasteiger partial charge in [-0.05, 0) is 43.3 Å². The summed E-state index contributed by atoms with van der Waals surface area (Å²) < 4.78 is 11.8. The Bertz CT molecular complexity index is 980. The van der Waals surface area contributed by atoms with Gasteiger partial charge in [-0.1, -0.05) is 29.3 Å². The van der Waals surface area contributed by atoms with E-state index in [1.165, 1.54) is 11.8 Å². The smallest absolute Gasteiger partial charge is 0.338 e. The number of halogens is 1. The number of nitriles is 1. The molecule has 7 nitrogen and oxygen atoms in total. The Morgan fingerprint density at radius 3 is 2.83 bits per heavy atom. The average molecular weight is 477 g/mol. The molecular formula is C20H21BrN4O3S. The number of hydrogen-bond donors (Lipinski definition) is 1. The van der Waals surface area contributed by atoms with E-state index in [1.54, 1.807) is 18.9 Å². The van der Waals surface area contributed by atoms with Crippen LogP contribution >= 0.6 is 27.7 Å². The lowest BCUT2D eigenvalue weighted by molar-refractivity contribution is -0.139. The fraction of sp³-hybridized carbons (Fsp3) is 0.350. The molecule has 0 radical (unpaired) electrons. The number of benzene rings is 1. The number of amidine groups is 1. The van der Waals surface area contributed by atoms with Gasteiger partial charge < -0.3 is 15.2 Å². The summed E-state index contributed by atoms with van der Waals surface area (Å²) in [5.41, 5.74) is 8.10. The third-order valence-corrected chi connectivity index (χ3v) is 6.00. The van der Waals surface area contributed by atoms with Gasteiger partial charge in [0.05, 0.1) is 25.0 Å². The van der Waals surface area contributed by atoms with E-state index in [0.717, 1.165) is 16.5 Å². The number of methoxy groups -OCH3 is 1. The van der Waals surface area contributed by atoms with Crippen LogP contribution in [0.3, 0.4) is 0 Å². The zero-order valence-corrected chi connectivity index (χ0v) is 18.8. The second-order valence-electron chi connectivity index (χ2n) is 6.31. The van der Waals surface area contributed by atoms with Crippen molar-refractivity contribution in [1.29, 1.82) is 5.26 Å². The largest absolute Gasteiger partial charge is 0.496 e. The Morgan fingerprint density at radius 1 is 1.45 bits per heavy atom. The number of aliphatic imine (C=N–C) groups is 1. The summed E-state index contributed by atoms with van der Waals surface area (Å²) in [5.74, 6) is 0.412. The van der Waals surface area contributed by atoms with Gasteiger partial charge in [-0.25, -0.2) is 9.79 Å². The molecule has 0 unspecified atom stereocenters. The Balaban J connectivity index is 2.30. The molecule has 0 aliphatic carbocycles. The zero-order chi connectivity index (χ0) is 21.1. The van der Waals surface area contributed by atoms with Crippen LogP contribution in [-0.4, -0.2) is 29.8 Å². The number of carbonyl (C=O) groups excluding carboxylic acids is 1. The van der Waals surface area contributed by atoms with Crippen LogP contribution in [-0.2, 0) is 9.53 Å². The normalized spacial score (nSPS) is 18.4. The summed E-state index contributed by atoms with van der Waals surface area (Å²) in [4.78, 5) is 19.8. The Labute approximate surface area is 182 Å². The summed E-state index contributed by atoms with van der Waals surface area (Å²) in [7, 11) is 1.57. The van der Waals surface area contributed by atoms with Gasteiger partial charge in [0.1, 0.15) is 28.6 Å². The number of hydrogen-bond acceptors (Lipinski definition) is 8. The van der Waals surface area contributed by atoms with Crippen molar-refractivity contribution in [3.8, 4) is 11.8 Å². The molecular weight excluding hydrogens is 456 g/mol. The first-order chi connectivity index (χ1) is 14.0. The molecule has 9 heteroatoms. The molecule has 2 aliphatic rings. The number of fused-ring (bicyclic) bond motifs is 1. The molecule has 29 heavy (non-hydrogen) atoms. The third kappa shape index (κ3) is 3.87. The summed E-state index contributed by atoms with van der Waals surface area (Å²) in [6.45, 7) is 4.02. The maximum absolute atomic E-state index is 13.0. The van der Waals surface area contributed by atoms with Crippen molar-refractivity contribution in [3.63, 3.8) is 0 Å². The number of allylic oxidation sites excluding steroid dienone is 2. The molecule has 3 rings (SSSR count). The van der Waals surface area contributed by atoms with Crippen molar-refractivity contribution >= 4 is 38.8 Å². The highest BCUT2D eigenvalue weighted by Gasteiger charge is 2.44. The summed E-state index contributed by atoms with van der Waals surface area (Å²) in [6, 6.07) is 7.07. The molecule has 2 N–H and O–H groups in total. The zero-order valence-electron chi connectivity index (χ0n) is 16.4. The van der Waals surface area contributed by atoms with Gasteiger partial charge in [0.25, 0.3) is 0 Å². The van der Waals surface area contributed by atoms with Crippen LogP contribution in [0.2, 0.25) is 0 Å². The van der Waals surface area contributed by atoms with Crippen LogP contribution < -0.4 is 10.5 Å². The highest BCUT2D eigenvalue weighted by molar-refractivity contribution is 9.10. The molecule has 0 aromatic heterocycles. The van der Waals surface area contributed by atoms with Gasteiger partial charge in [-0.3, -0.25) is 4.90 Å². The number of nitrogens with two attached hydrogens (primary N) is 1. The molecule has 2 aliphatic heterocycles. The number of thioether (sulfide) groups is 1. The Morgan fingerprint density at radius 2 is 2.21 bits per heavy atom. The Hall–Kier alpha value is -2.44. The van der Waals surface area contributed by atoms with E-state index in [9.17, 15) is 10.1 Å². The molecule has 152 valence electrons. The van der Waals surface area contributed by atoms with E-state index in [4.69, 9.17) is 15.2 Å². The minimum atomic E-state index is -0.617. The van der Waals surface area contributed by atoms with E-state index >= 15 is 0 Å². The second kappa shape index (κ2) is 8.93. The molecule has 0 fully saturated rings. The fourth-order valence-corrected chi connectivity index (χ4v) is 4.62. The molecule has 0 amide bonds. The van der Waals surface area contributed by atoms with Gasteiger partial charge >= 0.3 is 5.97 Å². The summed E-state index contributed by atoms with van der Waals surface area (Å²) in [6.07, 6.45) is 1.40. The fourth-order valence-electron chi connectivity index (χ4n) is 3.35. The predicted octanol–water partition coefficient (Wildman–Crippen LogP) is 4.19. The summed E-state index contributed by atoms with van der Waals surface area (Å²) >= 11 is 4.71. The second-order valence-corrected chi connectivity index (χ2v) is 8.21. The lowest BCUT2D eigenvalue weighted by Gasteiger charge is -2.36. The highest BCUT2D eigenvalue weighted by atomic mass is 79.9. The molecule has 1 aromatic rings. The van der Waals surface area contributed by atoms with Crippen molar-refractivity contribution in [1.82, 2.24) is 4.90 Å². The van der Waals surface area contributed by atoms with Crippen LogP contribution in [0.4, 0.5) is 0 Å². The number of ether oxygens (including phenoxy) is 2. The van der Waals surface area contributed by atoms with Gasteiger partial charge in [0, 0.05) is 10.0 Å². The molecule has 1 atom stereocenters. The monoisotopic (exact) mass is 476 g/mol. The maximum atomic E-state index is 13.0. The van der Waals surface area contributed by atoms with E-state index < -0.39 is 12.0 Å². The van der Waals surface area contributed by atoms with E-state index in [1.807, 2.05) is 25.1 Å². The van der Waals surface area contributed by atoms with E-state index in [2.05, 4.69) is 27.0 Å². The van der Waals surface area contributed by atoms with Crippen LogP contribution in [0.15, 0.2) is 49.7 Å². The van der Waals surface area contributed by atoms with Crippen molar-refractivity contribution in [2.45, 2.75) is 32.7 Å². The third-order valence-electron chi connectivity index (χ3n) is 4.53. The van der Waals surface area contributed by atoms with Crippen molar-refractivity contribution in [2.75, 3.05) is 13.7 Å². The van der Waals surface area contributed by atoms with Crippen molar-refractivity contribution in [3.05, 3.63) is 50.2 Å². The van der Waals surface area contributed by atoms with Crippen LogP contribution in [0.25, 0.3) is 0 Å². The standard InChI is InChI=1S/C20H21BrN4O3S/c1-4-6-13-16(19(26)28-5-2)17(12-9-11(21)7-8-14(12)27-3)25-18(23)15(10-22)29-20(25)24-13/h7-9,17H,4-6,23H2,1-3H3/t17-/m1/s1. The molecule has 0 saturated heterocycles. The molecule has 2 heterocycles. The molecule has 0 spiro atoms. The van der Waals surface area contributed by atoms with Gasteiger partial charge in [-0.15, -0.1) is 0 Å². The number of nitrogens with zero attached hydrogens (tertiary/aromatic N) is 3. The number of carbonyl (C=O) groups is 1. The topological polar surface area (TPSA) is 101 Å². The maximum Gasteiger partial charge on any atom is 0.338 e. The van der Waals surface area contributed by atoms with Crippen molar-refractivity contribution < 1.29 is 14.3 Å². The van der Waals surface area contributed by atoms with Crippen LogP contribution in [0.1, 0.15) is 38.3 Å². The Kier molecular flexibility index (Phi) is 6.55. The van der Waals surface area contributed by atoms with E-state index in [-0.39, 0.29) is 12.4 Å². The van der Waals surface area contributed by atoms with Crippen LogP contribution in [0.5, 0.6) is 5.75 Å². The summed E-state index contributed by atoms with van der Waals surface area (Å²) in [5, 5.41) is 10.1. The molecule has 0 bridgehead atoms. The number of rotatable bonds is 6. The van der Waals surface area contributed by atoms with Gasteiger partial charge in [0.15, 0.2) is 5.17 Å². The first-order valence-corrected chi connectivity index (χ1v) is 10.8. The average Bonchev–Trinajstić information content (AvgIpc) is 3.02. The van der Waals surface area contributed by atoms with Crippen LogP contribution in [0, 0.1) is 11.3 Å². The predicted molar refractivity (Wildman–Crippen MR) is 116 cm³/mol. The lowest BCUT2D eigenvalue weighted by Crippen LogP contribution is -2.39. The number of esters is 1. The van der Waals surface area contributed by atoms with Crippen molar-refractivity contribution in [2.24, 2.45) is 10.7 Å². The minimum Gasteiger partial charge on any atom is -0.496 e. The lowest BCUT2D eigenvalue weighted by atomic mass is 9.92. The minimum absolute atomic E-state index is 0.240. The quantitative estimate of drug-likeness (QED) is 0.614. The molecule has 0 saturated carbocycles. The van der Waals surface area contributed by atoms with E-state index in [0.29, 0.717) is 33.5 Å².